The fraction of sp³-hybridized carbons (Fsp3) is 0.650. The number of aliphatic hydroxyl groups excluding tert-OH is 1. The largest absolute Gasteiger partial charge is 0.476 e. The molecule has 28 heavy (non-hydrogen) atoms. The maximum Gasteiger partial charge on any atom is 0.221 e. The summed E-state index contributed by atoms with van der Waals surface area (Å²) in [6.07, 6.45) is 2.84. The quantitative estimate of drug-likeness (QED) is 0.436. The maximum absolute atomic E-state index is 9.40. The van der Waals surface area contributed by atoms with Crippen LogP contribution in [0.5, 0.6) is 5.88 Å². The summed E-state index contributed by atoms with van der Waals surface area (Å²) < 4.78 is 7.80. The minimum atomic E-state index is -0.0410. The second-order valence-corrected chi connectivity index (χ2v) is 6.87. The molecule has 8 nitrogen and oxygen atoms in total. The molecule has 0 aliphatic carbocycles. The minimum absolute atomic E-state index is 0.0410. The van der Waals surface area contributed by atoms with Gasteiger partial charge in [-0.05, 0) is 26.8 Å². The van der Waals surface area contributed by atoms with E-state index < -0.39 is 0 Å². The van der Waals surface area contributed by atoms with Gasteiger partial charge in [0.15, 0.2) is 0 Å². The molecular weight excluding hydrogens is 356 g/mol. The van der Waals surface area contributed by atoms with Crippen molar-refractivity contribution in [3.63, 3.8) is 0 Å². The van der Waals surface area contributed by atoms with Gasteiger partial charge < -0.3 is 20.6 Å². The molecule has 1 aromatic rings. The van der Waals surface area contributed by atoms with Gasteiger partial charge in [0, 0.05) is 38.6 Å². The van der Waals surface area contributed by atoms with Gasteiger partial charge in [0.25, 0.3) is 0 Å². The first-order valence-corrected chi connectivity index (χ1v) is 9.90. The summed E-state index contributed by atoms with van der Waals surface area (Å²) in [4.78, 5) is 2.24. The first-order chi connectivity index (χ1) is 13.3. The second-order valence-electron chi connectivity index (χ2n) is 6.87. The van der Waals surface area contributed by atoms with Crippen LogP contribution in [0, 0.1) is 6.92 Å². The SMILES string of the molecule is C=C(CN(CC)CCOc1c(/C(N)=C/CC)c(C)nn1C)N(NC)[C@@H](C)CO. The lowest BCUT2D eigenvalue weighted by Crippen LogP contribution is -2.46. The molecule has 1 heterocycles. The minimum Gasteiger partial charge on any atom is -0.476 e. The lowest BCUT2D eigenvalue weighted by molar-refractivity contribution is 0.116. The van der Waals surface area contributed by atoms with Crippen molar-refractivity contribution in [2.24, 2.45) is 12.8 Å². The Morgan fingerprint density at radius 1 is 1.46 bits per heavy atom. The van der Waals surface area contributed by atoms with Gasteiger partial charge in [-0.2, -0.15) is 5.10 Å². The summed E-state index contributed by atoms with van der Waals surface area (Å²) in [5, 5.41) is 15.7. The van der Waals surface area contributed by atoms with Gasteiger partial charge in [0.2, 0.25) is 5.88 Å². The third-order valence-corrected chi connectivity index (χ3v) is 4.67. The van der Waals surface area contributed by atoms with E-state index in [4.69, 9.17) is 10.5 Å². The van der Waals surface area contributed by atoms with Gasteiger partial charge in [-0.25, -0.2) is 10.1 Å². The number of rotatable bonds is 13. The van der Waals surface area contributed by atoms with Gasteiger partial charge in [0.1, 0.15) is 6.61 Å². The van der Waals surface area contributed by atoms with Crippen LogP contribution in [0.3, 0.4) is 0 Å². The normalized spacial score (nSPS) is 13.1. The molecule has 0 unspecified atom stereocenters. The van der Waals surface area contributed by atoms with E-state index in [1.165, 1.54) is 0 Å². The Bertz CT molecular complexity index is 655. The zero-order chi connectivity index (χ0) is 21.3. The molecule has 8 heteroatoms. The molecule has 160 valence electrons. The molecule has 0 spiro atoms. The predicted molar refractivity (Wildman–Crippen MR) is 115 cm³/mol. The zero-order valence-corrected chi connectivity index (χ0v) is 18.3. The summed E-state index contributed by atoms with van der Waals surface area (Å²) >= 11 is 0. The van der Waals surface area contributed by atoms with Crippen molar-refractivity contribution in [3.8, 4) is 5.88 Å². The third-order valence-electron chi connectivity index (χ3n) is 4.67. The number of allylic oxidation sites excluding steroid dienone is 1. The summed E-state index contributed by atoms with van der Waals surface area (Å²) in [5.41, 5.74) is 12.6. The Morgan fingerprint density at radius 3 is 2.68 bits per heavy atom. The molecule has 0 saturated carbocycles. The van der Waals surface area contributed by atoms with Gasteiger partial charge in [-0.15, -0.1) is 0 Å². The first kappa shape index (κ1) is 24.0. The monoisotopic (exact) mass is 394 g/mol. The molecule has 0 fully saturated rings. The van der Waals surface area contributed by atoms with Crippen molar-refractivity contribution in [1.82, 2.24) is 25.1 Å². The Balaban J connectivity index is 2.74. The lowest BCUT2D eigenvalue weighted by Gasteiger charge is -2.33. The van der Waals surface area contributed by atoms with Crippen molar-refractivity contribution in [1.29, 1.82) is 0 Å². The zero-order valence-electron chi connectivity index (χ0n) is 18.3. The van der Waals surface area contributed by atoms with Crippen LogP contribution in [-0.4, -0.2) is 70.7 Å². The Morgan fingerprint density at radius 2 is 2.14 bits per heavy atom. The Hall–Kier alpha value is -2.03. The summed E-state index contributed by atoms with van der Waals surface area (Å²) in [6.45, 7) is 15.1. The average Bonchev–Trinajstić information content (AvgIpc) is 2.94. The van der Waals surface area contributed by atoms with Crippen LogP contribution in [0.4, 0.5) is 0 Å². The number of aliphatic hydroxyl groups is 1. The van der Waals surface area contributed by atoms with E-state index in [9.17, 15) is 5.11 Å². The molecule has 0 radical (unpaired) electrons. The predicted octanol–water partition coefficient (Wildman–Crippen LogP) is 1.47. The van der Waals surface area contributed by atoms with Crippen molar-refractivity contribution in [3.05, 3.63) is 29.6 Å². The number of nitrogens with zero attached hydrogens (tertiary/aromatic N) is 4. The Labute approximate surface area is 169 Å². The van der Waals surface area contributed by atoms with Gasteiger partial charge in [-0.1, -0.05) is 26.5 Å². The van der Waals surface area contributed by atoms with E-state index in [2.05, 4.69) is 35.9 Å². The number of nitrogens with two attached hydrogens (primary N) is 1. The molecular formula is C20H38N6O2. The number of likely N-dealkylation sites (N-methyl/N-ethyl adjacent to an activating group) is 1. The number of nitrogens with one attached hydrogen (secondary N) is 1. The van der Waals surface area contributed by atoms with E-state index in [1.807, 2.05) is 39.0 Å². The molecule has 0 saturated heterocycles. The number of hydrogen-bond donors (Lipinski definition) is 3. The van der Waals surface area contributed by atoms with E-state index in [1.54, 1.807) is 4.68 Å². The van der Waals surface area contributed by atoms with Gasteiger partial charge >= 0.3 is 0 Å². The van der Waals surface area contributed by atoms with Crippen LogP contribution in [0.1, 0.15) is 38.4 Å². The molecule has 4 N–H and O–H groups in total. The number of ether oxygens (including phenoxy) is 1. The molecule has 1 rings (SSSR count). The van der Waals surface area contributed by atoms with Crippen LogP contribution in [0.15, 0.2) is 18.4 Å². The van der Waals surface area contributed by atoms with Crippen molar-refractivity contribution in [2.45, 2.75) is 40.2 Å². The Kier molecular flexibility index (Phi) is 10.1. The topological polar surface area (TPSA) is 91.8 Å². The standard InChI is InChI=1S/C20H38N6O2/c1-8-10-18(21)19-17(5)23-24(7)20(19)28-12-11-25(9-2)13-15(3)26(22-6)16(4)14-27/h10,16,22,27H,3,8-9,11-14,21H2,1-2,4-7H3/b18-10-/t16-/m0/s1. The fourth-order valence-corrected chi connectivity index (χ4v) is 3.18. The molecule has 0 bridgehead atoms. The van der Waals surface area contributed by atoms with Gasteiger partial charge in [-0.3, -0.25) is 4.90 Å². The van der Waals surface area contributed by atoms with Crippen LogP contribution in [0.25, 0.3) is 5.70 Å². The van der Waals surface area contributed by atoms with E-state index in [0.29, 0.717) is 24.7 Å². The van der Waals surface area contributed by atoms with Crippen LogP contribution < -0.4 is 15.9 Å². The summed E-state index contributed by atoms with van der Waals surface area (Å²) in [5.74, 6) is 0.695. The number of aromatic nitrogens is 2. The molecule has 1 atom stereocenters. The molecule has 1 aromatic heterocycles. The number of hydrogen-bond acceptors (Lipinski definition) is 7. The van der Waals surface area contributed by atoms with Crippen molar-refractivity contribution in [2.75, 3.05) is 39.9 Å². The molecule has 0 aliphatic heterocycles. The highest BCUT2D eigenvalue weighted by Crippen LogP contribution is 2.26. The third kappa shape index (κ3) is 6.25. The average molecular weight is 395 g/mol. The highest BCUT2D eigenvalue weighted by Gasteiger charge is 2.18. The fourth-order valence-electron chi connectivity index (χ4n) is 3.18. The van der Waals surface area contributed by atoms with Crippen LogP contribution in [-0.2, 0) is 7.05 Å². The van der Waals surface area contributed by atoms with Gasteiger partial charge in [0.05, 0.1) is 23.9 Å². The van der Waals surface area contributed by atoms with Crippen LogP contribution in [0.2, 0.25) is 0 Å². The summed E-state index contributed by atoms with van der Waals surface area (Å²) in [6, 6.07) is -0.0410. The number of aryl methyl sites for hydroxylation is 2. The first-order valence-electron chi connectivity index (χ1n) is 9.90. The van der Waals surface area contributed by atoms with Crippen LogP contribution >= 0.6 is 0 Å². The maximum atomic E-state index is 9.40. The highest BCUT2D eigenvalue weighted by atomic mass is 16.5. The molecule has 0 aromatic carbocycles. The lowest BCUT2D eigenvalue weighted by atomic mass is 10.1. The highest BCUT2D eigenvalue weighted by molar-refractivity contribution is 5.68. The molecule has 0 aliphatic rings. The van der Waals surface area contributed by atoms with E-state index in [-0.39, 0.29) is 12.6 Å². The van der Waals surface area contributed by atoms with E-state index in [0.717, 1.165) is 36.5 Å². The van der Waals surface area contributed by atoms with Crippen molar-refractivity contribution < 1.29 is 9.84 Å². The summed E-state index contributed by atoms with van der Waals surface area (Å²) in [7, 11) is 3.70. The molecule has 0 amide bonds. The second kappa shape index (κ2) is 11.7. The number of hydrazine groups is 1. The smallest absolute Gasteiger partial charge is 0.221 e. The van der Waals surface area contributed by atoms with Crippen molar-refractivity contribution >= 4 is 5.70 Å². The van der Waals surface area contributed by atoms with E-state index >= 15 is 0 Å².